The van der Waals surface area contributed by atoms with Crippen molar-refractivity contribution in [2.24, 2.45) is 5.73 Å². The smallest absolute Gasteiger partial charge is 0.157 e. The Morgan fingerprint density at radius 1 is 1.25 bits per heavy atom. The highest BCUT2D eigenvalue weighted by Gasteiger charge is 2.34. The molecule has 2 rings (SSSR count). The number of aromatic hydroxyl groups is 2. The van der Waals surface area contributed by atoms with Gasteiger partial charge in [-0.05, 0) is 24.1 Å². The quantitative estimate of drug-likeness (QED) is 0.542. The van der Waals surface area contributed by atoms with Gasteiger partial charge in [-0.1, -0.05) is 6.07 Å². The minimum Gasteiger partial charge on any atom is -0.504 e. The maximum absolute atomic E-state index is 9.17. The Morgan fingerprint density at radius 2 is 1.92 bits per heavy atom. The lowest BCUT2D eigenvalue weighted by molar-refractivity contribution is 0.403. The van der Waals surface area contributed by atoms with E-state index in [4.69, 9.17) is 10.8 Å². The summed E-state index contributed by atoms with van der Waals surface area (Å²) in [5, 5.41) is 18.2. The van der Waals surface area contributed by atoms with Crippen molar-refractivity contribution < 1.29 is 10.2 Å². The number of hydrogen-bond acceptors (Lipinski definition) is 3. The largest absolute Gasteiger partial charge is 0.504 e. The summed E-state index contributed by atoms with van der Waals surface area (Å²) >= 11 is 0. The zero-order chi connectivity index (χ0) is 8.72. The van der Waals surface area contributed by atoms with Crippen molar-refractivity contribution in [2.75, 3.05) is 0 Å². The standard InChI is InChI=1S/C9H11NO2/c10-7-4-6(7)5-1-2-8(11)9(12)3-5/h1-3,6-7,11-12H,4,10H2/t6-,7-/m0/s1. The molecular formula is C9H11NO2. The molecule has 0 radical (unpaired) electrons. The summed E-state index contributed by atoms with van der Waals surface area (Å²) in [6, 6.07) is 5.10. The second kappa shape index (κ2) is 2.38. The van der Waals surface area contributed by atoms with E-state index in [-0.39, 0.29) is 17.5 Å². The summed E-state index contributed by atoms with van der Waals surface area (Å²) in [7, 11) is 0. The average Bonchev–Trinajstić information content (AvgIpc) is 2.73. The predicted molar refractivity (Wildman–Crippen MR) is 45.1 cm³/mol. The van der Waals surface area contributed by atoms with Crippen LogP contribution in [0.15, 0.2) is 18.2 Å². The molecule has 12 heavy (non-hydrogen) atoms. The van der Waals surface area contributed by atoms with Crippen LogP contribution >= 0.6 is 0 Å². The van der Waals surface area contributed by atoms with E-state index in [0.29, 0.717) is 5.92 Å². The van der Waals surface area contributed by atoms with E-state index in [1.807, 2.05) is 0 Å². The first kappa shape index (κ1) is 7.43. The van der Waals surface area contributed by atoms with E-state index in [1.54, 1.807) is 12.1 Å². The van der Waals surface area contributed by atoms with Crippen LogP contribution in [0.5, 0.6) is 11.5 Å². The first-order chi connectivity index (χ1) is 5.68. The molecule has 0 amide bonds. The fourth-order valence-corrected chi connectivity index (χ4v) is 1.37. The molecule has 1 aromatic carbocycles. The second-order valence-corrected chi connectivity index (χ2v) is 3.25. The third-order valence-electron chi connectivity index (χ3n) is 2.27. The molecule has 0 aliphatic heterocycles. The van der Waals surface area contributed by atoms with E-state index in [2.05, 4.69) is 0 Å². The molecule has 0 saturated heterocycles. The Hall–Kier alpha value is -1.22. The van der Waals surface area contributed by atoms with Gasteiger partial charge in [-0.2, -0.15) is 0 Å². The zero-order valence-electron chi connectivity index (χ0n) is 6.57. The minimum atomic E-state index is -0.0760. The van der Waals surface area contributed by atoms with Gasteiger partial charge in [0.05, 0.1) is 0 Å². The minimum absolute atomic E-state index is 0.0633. The maximum atomic E-state index is 9.17. The first-order valence-electron chi connectivity index (χ1n) is 3.96. The Bertz CT molecular complexity index is 311. The summed E-state index contributed by atoms with van der Waals surface area (Å²) in [6.07, 6.45) is 0.976. The lowest BCUT2D eigenvalue weighted by atomic mass is 10.1. The van der Waals surface area contributed by atoms with Crippen molar-refractivity contribution in [3.05, 3.63) is 23.8 Å². The average molecular weight is 165 g/mol. The summed E-state index contributed by atoms with van der Waals surface area (Å²) in [5.74, 6) is 0.232. The van der Waals surface area contributed by atoms with Crippen LogP contribution < -0.4 is 5.73 Å². The Labute approximate surface area is 70.4 Å². The normalized spacial score (nSPS) is 27.1. The van der Waals surface area contributed by atoms with Crippen LogP contribution in [0.3, 0.4) is 0 Å². The summed E-state index contributed by atoms with van der Waals surface area (Å²) < 4.78 is 0. The number of phenolic OH excluding ortho intramolecular Hbond substituents is 2. The van der Waals surface area contributed by atoms with Crippen LogP contribution in [0.1, 0.15) is 17.9 Å². The Morgan fingerprint density at radius 3 is 2.42 bits per heavy atom. The lowest BCUT2D eigenvalue weighted by Gasteiger charge is -2.01. The van der Waals surface area contributed by atoms with Gasteiger partial charge in [0.25, 0.3) is 0 Å². The van der Waals surface area contributed by atoms with Gasteiger partial charge in [-0.15, -0.1) is 0 Å². The fourth-order valence-electron chi connectivity index (χ4n) is 1.37. The highest BCUT2D eigenvalue weighted by molar-refractivity contribution is 5.43. The van der Waals surface area contributed by atoms with Gasteiger partial charge >= 0.3 is 0 Å². The van der Waals surface area contributed by atoms with Gasteiger partial charge in [0.2, 0.25) is 0 Å². The molecule has 3 heteroatoms. The van der Waals surface area contributed by atoms with Crippen LogP contribution in [-0.4, -0.2) is 16.3 Å². The molecule has 1 aliphatic carbocycles. The highest BCUT2D eigenvalue weighted by Crippen LogP contribution is 2.41. The van der Waals surface area contributed by atoms with E-state index in [9.17, 15) is 5.11 Å². The molecule has 1 aliphatic rings. The number of phenols is 2. The predicted octanol–water partition coefficient (Wildman–Crippen LogP) is 0.912. The number of benzene rings is 1. The monoisotopic (exact) mass is 165 g/mol. The van der Waals surface area contributed by atoms with Crippen molar-refractivity contribution in [2.45, 2.75) is 18.4 Å². The second-order valence-electron chi connectivity index (χ2n) is 3.25. The van der Waals surface area contributed by atoms with E-state index < -0.39 is 0 Å². The molecule has 0 spiro atoms. The SMILES string of the molecule is N[C@H]1C[C@H]1c1ccc(O)c(O)c1. The van der Waals surface area contributed by atoms with E-state index in [1.165, 1.54) is 6.07 Å². The van der Waals surface area contributed by atoms with Crippen molar-refractivity contribution in [3.63, 3.8) is 0 Å². The number of nitrogens with two attached hydrogens (primary N) is 1. The topological polar surface area (TPSA) is 66.5 Å². The van der Waals surface area contributed by atoms with Crippen LogP contribution in [0, 0.1) is 0 Å². The maximum Gasteiger partial charge on any atom is 0.157 e. The molecule has 0 bridgehead atoms. The number of hydrogen-bond donors (Lipinski definition) is 3. The van der Waals surface area contributed by atoms with Gasteiger partial charge in [0.15, 0.2) is 11.5 Å². The molecule has 1 aromatic rings. The van der Waals surface area contributed by atoms with E-state index >= 15 is 0 Å². The third kappa shape index (κ3) is 1.12. The van der Waals surface area contributed by atoms with Crippen molar-refractivity contribution in [1.29, 1.82) is 0 Å². The molecule has 0 aromatic heterocycles. The van der Waals surface area contributed by atoms with Crippen molar-refractivity contribution in [1.82, 2.24) is 0 Å². The zero-order valence-corrected chi connectivity index (χ0v) is 6.57. The molecule has 0 heterocycles. The molecule has 3 nitrogen and oxygen atoms in total. The lowest BCUT2D eigenvalue weighted by Crippen LogP contribution is -2.00. The number of rotatable bonds is 1. The molecule has 2 atom stereocenters. The Balaban J connectivity index is 2.29. The molecule has 1 saturated carbocycles. The summed E-state index contributed by atoms with van der Waals surface area (Å²) in [6.45, 7) is 0. The van der Waals surface area contributed by atoms with Crippen LogP contribution in [0.4, 0.5) is 0 Å². The molecule has 64 valence electrons. The van der Waals surface area contributed by atoms with Gasteiger partial charge in [0, 0.05) is 12.0 Å². The molecular weight excluding hydrogens is 154 g/mol. The van der Waals surface area contributed by atoms with Crippen LogP contribution in [0.2, 0.25) is 0 Å². The van der Waals surface area contributed by atoms with Crippen LogP contribution in [0.25, 0.3) is 0 Å². The van der Waals surface area contributed by atoms with Gasteiger partial charge in [0.1, 0.15) is 0 Å². The van der Waals surface area contributed by atoms with E-state index in [0.717, 1.165) is 12.0 Å². The Kier molecular flexibility index (Phi) is 1.48. The third-order valence-corrected chi connectivity index (χ3v) is 2.27. The molecule has 0 unspecified atom stereocenters. The van der Waals surface area contributed by atoms with Gasteiger partial charge < -0.3 is 15.9 Å². The summed E-state index contributed by atoms with van der Waals surface area (Å²) in [4.78, 5) is 0. The van der Waals surface area contributed by atoms with Gasteiger partial charge in [-0.25, -0.2) is 0 Å². The highest BCUT2D eigenvalue weighted by atomic mass is 16.3. The van der Waals surface area contributed by atoms with Crippen LogP contribution in [-0.2, 0) is 0 Å². The van der Waals surface area contributed by atoms with Crippen molar-refractivity contribution >= 4 is 0 Å². The molecule has 1 fully saturated rings. The fraction of sp³-hybridized carbons (Fsp3) is 0.333. The van der Waals surface area contributed by atoms with Gasteiger partial charge in [-0.3, -0.25) is 0 Å². The molecule has 4 N–H and O–H groups in total. The first-order valence-corrected chi connectivity index (χ1v) is 3.96. The van der Waals surface area contributed by atoms with Crippen molar-refractivity contribution in [3.8, 4) is 11.5 Å². The summed E-state index contributed by atoms with van der Waals surface area (Å²) in [5.41, 5.74) is 6.65.